The molecule has 0 unspecified atom stereocenters. The van der Waals surface area contributed by atoms with Crippen molar-refractivity contribution in [2.45, 2.75) is 43.4 Å². The van der Waals surface area contributed by atoms with Gasteiger partial charge in [0.1, 0.15) is 35.6 Å². The van der Waals surface area contributed by atoms with E-state index in [0.29, 0.717) is 37.7 Å². The number of nitrogen functional groups attached to an aromatic ring is 1. The Balaban J connectivity index is 1.30. The number of nitrogens with two attached hydrogens (primary N) is 1. The minimum absolute atomic E-state index is 0.0283. The molecule has 4 aliphatic rings. The number of halogens is 3. The summed E-state index contributed by atoms with van der Waals surface area (Å²) in [7, 11) is 0. The van der Waals surface area contributed by atoms with Crippen molar-refractivity contribution in [3.63, 3.8) is 0 Å². The van der Waals surface area contributed by atoms with E-state index in [0.717, 1.165) is 6.42 Å². The van der Waals surface area contributed by atoms with Gasteiger partial charge in [-0.05, 0) is 55.3 Å². The second-order valence-electron chi connectivity index (χ2n) is 12.8. The van der Waals surface area contributed by atoms with Crippen LogP contribution >= 0.6 is 0 Å². The zero-order valence-electron chi connectivity index (χ0n) is 27.3. The number of hydrogen-bond donors (Lipinski definition) is 1. The molecule has 2 aromatic carbocycles. The van der Waals surface area contributed by atoms with Crippen LogP contribution in [0.3, 0.4) is 0 Å². The normalized spacial score (nSPS) is 27.8. The van der Waals surface area contributed by atoms with E-state index in [1.165, 1.54) is 24.4 Å². The quantitative estimate of drug-likeness (QED) is 0.229. The first-order valence-electron chi connectivity index (χ1n) is 16.7. The number of ether oxygens (including phenoxy) is 2. The van der Waals surface area contributed by atoms with E-state index in [4.69, 9.17) is 21.6 Å². The molecular weight excluding hydrogens is 607 g/mol. The van der Waals surface area contributed by atoms with Crippen molar-refractivity contribution in [3.8, 4) is 35.7 Å². The molecule has 0 spiro atoms. The highest BCUT2D eigenvalue weighted by Crippen LogP contribution is 2.46. The fourth-order valence-corrected chi connectivity index (χ4v) is 7.80. The summed E-state index contributed by atoms with van der Waals surface area (Å²) in [5.74, 6) is 0.471. The molecule has 1 aliphatic carbocycles. The van der Waals surface area contributed by atoms with Crippen LogP contribution in [0.25, 0.3) is 32.9 Å². The molecular formula is C35H32F3N7O2. The van der Waals surface area contributed by atoms with Crippen molar-refractivity contribution in [3.05, 3.63) is 47.7 Å². The Labute approximate surface area is 272 Å². The van der Waals surface area contributed by atoms with Gasteiger partial charge in [0, 0.05) is 48.3 Å². The molecule has 0 amide bonds. The fourth-order valence-electron chi connectivity index (χ4n) is 7.80. The van der Waals surface area contributed by atoms with Gasteiger partial charge >= 0.3 is 6.01 Å². The zero-order chi connectivity index (χ0) is 34.2. The molecule has 4 aromatic rings. The predicted octanol–water partition coefficient (Wildman–Crippen LogP) is 5.01. The molecule has 2 aromatic heterocycles. The Morgan fingerprint density at radius 3 is 2.96 bits per heavy atom. The van der Waals surface area contributed by atoms with Gasteiger partial charge in [0.05, 0.1) is 44.6 Å². The van der Waals surface area contributed by atoms with Crippen molar-refractivity contribution in [2.75, 3.05) is 50.0 Å². The van der Waals surface area contributed by atoms with Crippen LogP contribution in [-0.4, -0.2) is 77.0 Å². The number of aromatic nitrogens is 3. The van der Waals surface area contributed by atoms with E-state index in [9.17, 15) is 12.4 Å². The van der Waals surface area contributed by atoms with Crippen LogP contribution in [-0.2, 0) is 4.74 Å². The molecule has 8 rings (SSSR count). The molecule has 240 valence electrons. The van der Waals surface area contributed by atoms with Gasteiger partial charge in [-0.1, -0.05) is 12.0 Å². The lowest BCUT2D eigenvalue weighted by Gasteiger charge is -2.31. The third-order valence-corrected chi connectivity index (χ3v) is 10.0. The first-order chi connectivity index (χ1) is 23.6. The monoisotopic (exact) mass is 641 g/mol. The standard InChI is InChI=1S/C35H32F3N7O2/c1-2-22-26(36)5-4-20-12-21(40)13-23(27(20)22)30-29(38)31-24(15-41-30)33(45-10-11-46-17-25-28(37)32(25)45)43-34(42-31)47-18-35-7-3-9-44(35)16-19(14-35)6-8-39/h1,4-5,12-13,15,19,25,28,32H,3,6-7,9-11,14,16-18,40H2/t19-,25+,28+,32+,35+/m1/s1/i18D2. The summed E-state index contributed by atoms with van der Waals surface area (Å²) in [6.07, 6.45) is 7.80. The molecule has 4 fully saturated rings. The third kappa shape index (κ3) is 4.81. The maximum absolute atomic E-state index is 17.0. The summed E-state index contributed by atoms with van der Waals surface area (Å²) in [5.41, 5.74) is 5.02. The summed E-state index contributed by atoms with van der Waals surface area (Å²) in [4.78, 5) is 17.2. The number of benzene rings is 2. The van der Waals surface area contributed by atoms with Gasteiger partial charge in [0.2, 0.25) is 0 Å². The molecule has 5 heterocycles. The van der Waals surface area contributed by atoms with E-state index in [1.54, 1.807) is 11.0 Å². The number of anilines is 2. The van der Waals surface area contributed by atoms with Gasteiger partial charge in [-0.3, -0.25) is 9.88 Å². The highest BCUT2D eigenvalue weighted by atomic mass is 19.1. The first-order valence-corrected chi connectivity index (χ1v) is 15.7. The van der Waals surface area contributed by atoms with Crippen LogP contribution in [0.15, 0.2) is 30.5 Å². The molecule has 5 atom stereocenters. The summed E-state index contributed by atoms with van der Waals surface area (Å²) in [6, 6.07) is 6.95. The van der Waals surface area contributed by atoms with Crippen LogP contribution in [0, 0.1) is 47.1 Å². The molecule has 0 bridgehead atoms. The number of nitriles is 1. The minimum atomic E-state index is -2.33. The fraction of sp³-hybridized carbons (Fsp3) is 0.429. The highest BCUT2D eigenvalue weighted by Gasteiger charge is 2.56. The molecule has 0 radical (unpaired) electrons. The zero-order valence-corrected chi connectivity index (χ0v) is 25.3. The third-order valence-electron chi connectivity index (χ3n) is 10.0. The highest BCUT2D eigenvalue weighted by molar-refractivity contribution is 6.03. The molecule has 47 heavy (non-hydrogen) atoms. The van der Waals surface area contributed by atoms with Crippen molar-refractivity contribution < 1.29 is 25.4 Å². The van der Waals surface area contributed by atoms with Crippen molar-refractivity contribution in [2.24, 2.45) is 11.8 Å². The molecule has 1 saturated carbocycles. The number of alkyl halides is 1. The number of nitrogens with zero attached hydrogens (tertiary/aromatic N) is 6. The van der Waals surface area contributed by atoms with Crippen molar-refractivity contribution >= 4 is 33.2 Å². The lowest BCUT2D eigenvalue weighted by Crippen LogP contribution is -2.43. The number of fused-ring (bicyclic) bond motifs is 4. The number of pyridine rings is 1. The van der Waals surface area contributed by atoms with Gasteiger partial charge in [-0.15, -0.1) is 6.42 Å². The van der Waals surface area contributed by atoms with E-state index < -0.39 is 47.9 Å². The van der Waals surface area contributed by atoms with Crippen LogP contribution < -0.4 is 15.4 Å². The Morgan fingerprint density at radius 1 is 1.26 bits per heavy atom. The number of terminal acetylenes is 1. The Kier molecular flexibility index (Phi) is 6.57. The average Bonchev–Trinajstić information content (AvgIpc) is 3.39. The van der Waals surface area contributed by atoms with Crippen LogP contribution in [0.1, 0.15) is 34.0 Å². The van der Waals surface area contributed by atoms with Crippen molar-refractivity contribution in [1.29, 1.82) is 5.26 Å². The molecule has 12 heteroatoms. The second kappa shape index (κ2) is 11.3. The van der Waals surface area contributed by atoms with Gasteiger partial charge < -0.3 is 20.1 Å². The first kappa shape index (κ1) is 27.5. The maximum Gasteiger partial charge on any atom is 0.319 e. The lowest BCUT2D eigenvalue weighted by atomic mass is 9.90. The topological polar surface area (TPSA) is 113 Å². The SMILES string of the molecule is [2H]C([2H])(Oc1nc(N2CCOC[C@H]3[C@H](F)[C@H]32)c2cnc(-c3cc(N)cc4ccc(F)c(C#C)c34)c(F)c2n1)[C@@]12CCCN1C[C@H](CC#N)C2. The van der Waals surface area contributed by atoms with E-state index in [2.05, 4.69) is 26.9 Å². The van der Waals surface area contributed by atoms with Crippen LogP contribution in [0.2, 0.25) is 0 Å². The van der Waals surface area contributed by atoms with Crippen molar-refractivity contribution in [1.82, 2.24) is 19.9 Å². The summed E-state index contributed by atoms with van der Waals surface area (Å²) in [5, 5.41) is 10.2. The van der Waals surface area contributed by atoms with E-state index >= 15 is 8.78 Å². The maximum atomic E-state index is 17.0. The molecule has 3 aliphatic heterocycles. The average molecular weight is 642 g/mol. The Morgan fingerprint density at radius 2 is 2.13 bits per heavy atom. The Hall–Kier alpha value is -4.65. The van der Waals surface area contributed by atoms with Crippen LogP contribution in [0.5, 0.6) is 6.01 Å². The van der Waals surface area contributed by atoms with Gasteiger partial charge in [-0.25, -0.2) is 13.2 Å². The minimum Gasteiger partial charge on any atom is -0.461 e. The largest absolute Gasteiger partial charge is 0.461 e. The summed E-state index contributed by atoms with van der Waals surface area (Å²) >= 11 is 0. The smallest absolute Gasteiger partial charge is 0.319 e. The predicted molar refractivity (Wildman–Crippen MR) is 170 cm³/mol. The number of hydrogen-bond acceptors (Lipinski definition) is 9. The summed E-state index contributed by atoms with van der Waals surface area (Å²) < 4.78 is 77.1. The van der Waals surface area contributed by atoms with E-state index in [-0.39, 0.29) is 70.3 Å². The van der Waals surface area contributed by atoms with Gasteiger partial charge in [0.25, 0.3) is 0 Å². The Bertz CT molecular complexity index is 2110. The molecule has 2 N–H and O–H groups in total. The molecule has 3 saturated heterocycles. The van der Waals surface area contributed by atoms with Crippen LogP contribution in [0.4, 0.5) is 24.7 Å². The lowest BCUT2D eigenvalue weighted by molar-refractivity contribution is 0.107. The number of rotatable bonds is 6. The molecule has 9 nitrogen and oxygen atoms in total. The summed E-state index contributed by atoms with van der Waals surface area (Å²) in [6.45, 7) is -0.381. The van der Waals surface area contributed by atoms with Gasteiger partial charge in [-0.2, -0.15) is 15.2 Å². The van der Waals surface area contributed by atoms with Gasteiger partial charge in [0.15, 0.2) is 5.82 Å². The van der Waals surface area contributed by atoms with E-state index in [1.807, 2.05) is 4.90 Å². The second-order valence-corrected chi connectivity index (χ2v) is 12.8.